The summed E-state index contributed by atoms with van der Waals surface area (Å²) in [6.07, 6.45) is 2.71. The molecule has 6 nitrogen and oxygen atoms in total. The molecule has 3 aromatic rings. The topological polar surface area (TPSA) is 67.2 Å². The Kier molecular flexibility index (Phi) is 5.61. The normalized spacial score (nSPS) is 12.9. The number of aromatic nitrogens is 2. The molecule has 2 aromatic carbocycles. The van der Waals surface area contributed by atoms with Crippen molar-refractivity contribution in [1.82, 2.24) is 14.9 Å². The molecule has 0 saturated heterocycles. The van der Waals surface area contributed by atoms with Crippen LogP contribution in [-0.2, 0) is 19.5 Å². The van der Waals surface area contributed by atoms with Gasteiger partial charge in [0.2, 0.25) is 0 Å². The number of halogens is 1. The van der Waals surface area contributed by atoms with Crippen molar-refractivity contribution in [2.24, 2.45) is 0 Å². The summed E-state index contributed by atoms with van der Waals surface area (Å²) >= 11 is 0. The van der Waals surface area contributed by atoms with E-state index < -0.39 is 0 Å². The van der Waals surface area contributed by atoms with Crippen LogP contribution in [0.4, 0.5) is 10.2 Å². The van der Waals surface area contributed by atoms with Gasteiger partial charge in [0.05, 0.1) is 0 Å². The van der Waals surface area contributed by atoms with Gasteiger partial charge in [-0.05, 0) is 42.7 Å². The maximum Gasteiger partial charge on any atom is 0.272 e. The van der Waals surface area contributed by atoms with Crippen LogP contribution in [0.1, 0.15) is 45.1 Å². The van der Waals surface area contributed by atoms with Crippen molar-refractivity contribution in [2.45, 2.75) is 32.4 Å². The number of carbonyl (C=O) groups excluding carboxylic acids is 2. The number of nitrogens with zero attached hydrogens (tertiary/aromatic N) is 3. The lowest BCUT2D eigenvalue weighted by Crippen LogP contribution is -2.32. The smallest absolute Gasteiger partial charge is 0.272 e. The van der Waals surface area contributed by atoms with Gasteiger partial charge in [-0.3, -0.25) is 14.5 Å². The fourth-order valence-electron chi connectivity index (χ4n) is 3.71. The van der Waals surface area contributed by atoms with Gasteiger partial charge in [0.15, 0.2) is 11.5 Å². The lowest BCUT2D eigenvalue weighted by atomic mass is 10.1. The number of fused-ring (bicyclic) bond motifs is 1. The molecule has 154 valence electrons. The number of nitrogens with one attached hydrogen (secondary N) is 1. The summed E-state index contributed by atoms with van der Waals surface area (Å²) in [6.45, 7) is 0.866. The molecule has 0 saturated carbocycles. The van der Waals surface area contributed by atoms with Gasteiger partial charge >= 0.3 is 0 Å². The molecule has 0 fully saturated rings. The highest BCUT2D eigenvalue weighted by molar-refractivity contribution is 6.09. The van der Waals surface area contributed by atoms with Crippen LogP contribution in [0.5, 0.6) is 0 Å². The van der Waals surface area contributed by atoms with Gasteiger partial charge in [-0.15, -0.1) is 0 Å². The van der Waals surface area contributed by atoms with Gasteiger partial charge < -0.3 is 9.88 Å². The quantitative estimate of drug-likeness (QED) is 0.705. The molecule has 1 aliphatic rings. The van der Waals surface area contributed by atoms with E-state index in [-0.39, 0.29) is 24.2 Å². The maximum absolute atomic E-state index is 13.4. The molecule has 1 aliphatic heterocycles. The monoisotopic (exact) mass is 406 g/mol. The number of carbonyl (C=O) groups is 2. The van der Waals surface area contributed by atoms with Crippen LogP contribution in [0, 0.1) is 5.82 Å². The van der Waals surface area contributed by atoms with Crippen molar-refractivity contribution in [2.75, 3.05) is 11.9 Å². The first-order valence-electron chi connectivity index (χ1n) is 10.00. The predicted octanol–water partition coefficient (Wildman–Crippen LogP) is 3.57. The molecule has 1 aromatic heterocycles. The summed E-state index contributed by atoms with van der Waals surface area (Å²) in [5.74, 6) is 0.238. The van der Waals surface area contributed by atoms with Crippen molar-refractivity contribution in [3.8, 4) is 0 Å². The average Bonchev–Trinajstić information content (AvgIpc) is 3.17. The van der Waals surface area contributed by atoms with Gasteiger partial charge in [-0.25, -0.2) is 9.37 Å². The van der Waals surface area contributed by atoms with Crippen LogP contribution in [0.25, 0.3) is 0 Å². The average molecular weight is 406 g/mol. The van der Waals surface area contributed by atoms with Crippen LogP contribution in [0.3, 0.4) is 0 Å². The zero-order valence-corrected chi connectivity index (χ0v) is 16.8. The number of imidazole rings is 1. The fourth-order valence-corrected chi connectivity index (χ4v) is 3.71. The first kappa shape index (κ1) is 19.8. The predicted molar refractivity (Wildman–Crippen MR) is 112 cm³/mol. The highest BCUT2D eigenvalue weighted by Crippen LogP contribution is 2.26. The summed E-state index contributed by atoms with van der Waals surface area (Å²) in [7, 11) is 1.63. The van der Waals surface area contributed by atoms with Crippen molar-refractivity contribution in [1.29, 1.82) is 0 Å². The summed E-state index contributed by atoms with van der Waals surface area (Å²) < 4.78 is 15.3. The van der Waals surface area contributed by atoms with Gasteiger partial charge in [0.1, 0.15) is 11.6 Å². The van der Waals surface area contributed by atoms with Gasteiger partial charge in [-0.2, -0.15) is 0 Å². The Hall–Kier alpha value is -3.48. The summed E-state index contributed by atoms with van der Waals surface area (Å²) in [5, 5.41) is 2.85. The van der Waals surface area contributed by atoms with Crippen LogP contribution in [0.15, 0.2) is 54.6 Å². The fraction of sp³-hybridized carbons (Fsp3) is 0.261. The van der Waals surface area contributed by atoms with E-state index in [1.807, 2.05) is 10.6 Å². The van der Waals surface area contributed by atoms with E-state index >= 15 is 0 Å². The van der Waals surface area contributed by atoms with E-state index in [2.05, 4.69) is 10.3 Å². The minimum absolute atomic E-state index is 0.187. The number of hydrogen-bond donors (Lipinski definition) is 1. The molecule has 0 aliphatic carbocycles. The van der Waals surface area contributed by atoms with E-state index in [4.69, 9.17) is 0 Å². The second kappa shape index (κ2) is 8.49. The minimum atomic E-state index is -0.350. The van der Waals surface area contributed by atoms with Gasteiger partial charge in [-0.1, -0.05) is 30.3 Å². The van der Waals surface area contributed by atoms with E-state index in [1.165, 1.54) is 17.0 Å². The number of amides is 2. The van der Waals surface area contributed by atoms with Crippen molar-refractivity contribution in [3.05, 3.63) is 83.1 Å². The van der Waals surface area contributed by atoms with Crippen LogP contribution >= 0.6 is 0 Å². The van der Waals surface area contributed by atoms with Crippen molar-refractivity contribution < 1.29 is 14.0 Å². The van der Waals surface area contributed by atoms with E-state index in [0.29, 0.717) is 29.2 Å². The second-order valence-corrected chi connectivity index (χ2v) is 7.35. The Morgan fingerprint density at radius 2 is 1.93 bits per heavy atom. The molecule has 0 unspecified atom stereocenters. The Balaban J connectivity index is 1.63. The molecule has 30 heavy (non-hydrogen) atoms. The molecule has 2 heterocycles. The minimum Gasteiger partial charge on any atom is -0.347 e. The Morgan fingerprint density at radius 3 is 2.70 bits per heavy atom. The lowest BCUT2D eigenvalue weighted by Gasteiger charge is -2.19. The zero-order valence-electron chi connectivity index (χ0n) is 16.8. The molecule has 0 bridgehead atoms. The summed E-state index contributed by atoms with van der Waals surface area (Å²) in [4.78, 5) is 32.1. The second-order valence-electron chi connectivity index (χ2n) is 7.35. The van der Waals surface area contributed by atoms with E-state index in [0.717, 1.165) is 25.1 Å². The SMILES string of the molecule is CN(C(=O)c1ccccc1)c1nc2n(c1C(=O)NCc1cccc(F)c1)CCCC2. The molecule has 4 rings (SSSR count). The standard InChI is InChI=1S/C23H23FN4O2/c1-27(23(30)17-9-3-2-4-10-17)21-20(28-13-6-5-12-19(28)26-21)22(29)25-15-16-8-7-11-18(24)14-16/h2-4,7-11,14H,5-6,12-13,15H2,1H3,(H,25,29). The number of anilines is 1. The molecule has 7 heteroatoms. The zero-order chi connectivity index (χ0) is 21.1. The lowest BCUT2D eigenvalue weighted by molar-refractivity contribution is 0.0941. The van der Waals surface area contributed by atoms with Gasteiger partial charge in [0.25, 0.3) is 11.8 Å². The maximum atomic E-state index is 13.4. The first-order valence-corrected chi connectivity index (χ1v) is 10.00. The third-order valence-electron chi connectivity index (χ3n) is 5.26. The Morgan fingerprint density at radius 1 is 1.13 bits per heavy atom. The Labute approximate surface area is 174 Å². The third kappa shape index (κ3) is 3.96. The largest absolute Gasteiger partial charge is 0.347 e. The molecule has 1 N–H and O–H groups in total. The van der Waals surface area contributed by atoms with Crippen molar-refractivity contribution in [3.63, 3.8) is 0 Å². The molecule has 0 atom stereocenters. The van der Waals surface area contributed by atoms with Crippen LogP contribution in [-0.4, -0.2) is 28.4 Å². The number of aryl methyl sites for hydroxylation is 1. The van der Waals surface area contributed by atoms with Crippen LogP contribution in [0.2, 0.25) is 0 Å². The molecule has 2 amide bonds. The molecular formula is C23H23FN4O2. The Bertz CT molecular complexity index is 1080. The number of benzene rings is 2. The number of hydrogen-bond acceptors (Lipinski definition) is 3. The van der Waals surface area contributed by atoms with E-state index in [1.54, 1.807) is 43.4 Å². The highest BCUT2D eigenvalue weighted by atomic mass is 19.1. The van der Waals surface area contributed by atoms with Crippen molar-refractivity contribution >= 4 is 17.6 Å². The number of rotatable bonds is 5. The highest BCUT2D eigenvalue weighted by Gasteiger charge is 2.29. The summed E-state index contributed by atoms with van der Waals surface area (Å²) in [6, 6.07) is 15.0. The van der Waals surface area contributed by atoms with Crippen LogP contribution < -0.4 is 10.2 Å². The summed E-state index contributed by atoms with van der Waals surface area (Å²) in [5.41, 5.74) is 1.56. The molecule has 0 spiro atoms. The van der Waals surface area contributed by atoms with E-state index in [9.17, 15) is 14.0 Å². The third-order valence-corrected chi connectivity index (χ3v) is 5.26. The van der Waals surface area contributed by atoms with Gasteiger partial charge in [0, 0.05) is 32.1 Å². The first-order chi connectivity index (χ1) is 14.5. The molecule has 0 radical (unpaired) electrons. The molecular weight excluding hydrogens is 383 g/mol.